The molecule has 0 radical (unpaired) electrons. The fourth-order valence-corrected chi connectivity index (χ4v) is 2.73. The molecule has 0 bridgehead atoms. The number of benzene rings is 1. The Kier molecular flexibility index (Phi) is 3.63. The maximum absolute atomic E-state index is 5.75. The second kappa shape index (κ2) is 5.04. The van der Waals surface area contributed by atoms with E-state index in [2.05, 4.69) is 11.9 Å². The second-order valence-corrected chi connectivity index (χ2v) is 5.70. The molecule has 3 nitrogen and oxygen atoms in total. The smallest absolute Gasteiger partial charge is 0.190 e. The summed E-state index contributed by atoms with van der Waals surface area (Å²) in [4.78, 5) is 8.21. The van der Waals surface area contributed by atoms with Crippen LogP contribution in [0.3, 0.4) is 0 Å². The highest BCUT2D eigenvalue weighted by Gasteiger charge is 2.14. The third-order valence-corrected chi connectivity index (χ3v) is 4.20. The molecule has 5 heteroatoms. The van der Waals surface area contributed by atoms with Gasteiger partial charge in [0.15, 0.2) is 5.13 Å². The Morgan fingerprint density at radius 3 is 2.56 bits per heavy atom. The fraction of sp³-hybridized carbons (Fsp3) is 0.231. The molecule has 0 aliphatic carbocycles. The van der Waals surface area contributed by atoms with Gasteiger partial charge in [-0.05, 0) is 26.0 Å². The van der Waals surface area contributed by atoms with Crippen molar-refractivity contribution in [2.24, 2.45) is 5.73 Å². The molecule has 0 spiro atoms. The molecule has 0 unspecified atom stereocenters. The van der Waals surface area contributed by atoms with Crippen LogP contribution in [0.25, 0.3) is 0 Å². The Labute approximate surface area is 116 Å². The van der Waals surface area contributed by atoms with Crippen LogP contribution in [0, 0.1) is 13.8 Å². The van der Waals surface area contributed by atoms with E-state index in [1.165, 1.54) is 4.88 Å². The zero-order chi connectivity index (χ0) is 13.3. The van der Waals surface area contributed by atoms with Gasteiger partial charge in [-0.2, -0.15) is 0 Å². The molecule has 1 heterocycles. The van der Waals surface area contributed by atoms with Crippen LogP contribution in [0.2, 0.25) is 0 Å². The first kappa shape index (κ1) is 13.0. The first-order valence-electron chi connectivity index (χ1n) is 5.57. The van der Waals surface area contributed by atoms with Crippen molar-refractivity contribution < 1.29 is 0 Å². The van der Waals surface area contributed by atoms with E-state index in [4.69, 9.17) is 18.0 Å². The number of aryl methyl sites for hydroxylation is 2. The topological polar surface area (TPSA) is 42.2 Å². The average molecular weight is 277 g/mol. The number of thiocarbonyl (C=S) groups is 1. The van der Waals surface area contributed by atoms with E-state index in [1.807, 2.05) is 43.1 Å². The molecule has 2 rings (SSSR count). The lowest BCUT2D eigenvalue weighted by Gasteiger charge is -2.19. The van der Waals surface area contributed by atoms with Crippen LogP contribution < -0.4 is 10.6 Å². The molecule has 0 aliphatic heterocycles. The van der Waals surface area contributed by atoms with E-state index >= 15 is 0 Å². The highest BCUT2D eigenvalue weighted by atomic mass is 32.1. The standard InChI is InChI=1S/C13H15N3S2/c1-8-9(2)18-13(15-8)16(3)11-7-5-4-6-10(11)12(14)17/h4-7H,1-3H3,(H2,14,17). The van der Waals surface area contributed by atoms with E-state index in [-0.39, 0.29) is 0 Å². The second-order valence-electron chi connectivity index (χ2n) is 4.08. The molecule has 2 aromatic rings. The van der Waals surface area contributed by atoms with Crippen LogP contribution in [-0.2, 0) is 0 Å². The predicted octanol–water partition coefficient (Wildman–Crippen LogP) is 3.16. The maximum atomic E-state index is 5.75. The van der Waals surface area contributed by atoms with Gasteiger partial charge in [0.2, 0.25) is 0 Å². The summed E-state index contributed by atoms with van der Waals surface area (Å²) >= 11 is 6.75. The van der Waals surface area contributed by atoms with Crippen molar-refractivity contribution in [3.05, 3.63) is 40.4 Å². The maximum Gasteiger partial charge on any atom is 0.190 e. The van der Waals surface area contributed by atoms with Crippen molar-refractivity contribution in [3.8, 4) is 0 Å². The number of anilines is 2. The molecular formula is C13H15N3S2. The lowest BCUT2D eigenvalue weighted by Crippen LogP contribution is -2.17. The van der Waals surface area contributed by atoms with Gasteiger partial charge < -0.3 is 10.6 Å². The molecular weight excluding hydrogens is 262 g/mol. The molecule has 0 saturated heterocycles. The van der Waals surface area contributed by atoms with Crippen molar-refractivity contribution >= 4 is 39.4 Å². The Morgan fingerprint density at radius 1 is 1.33 bits per heavy atom. The van der Waals surface area contributed by atoms with Crippen molar-refractivity contribution in [1.82, 2.24) is 4.98 Å². The minimum atomic E-state index is 0.405. The van der Waals surface area contributed by atoms with Gasteiger partial charge in [-0.3, -0.25) is 0 Å². The Balaban J connectivity index is 2.45. The summed E-state index contributed by atoms with van der Waals surface area (Å²) in [6.45, 7) is 4.09. The zero-order valence-electron chi connectivity index (χ0n) is 10.6. The number of hydrogen-bond acceptors (Lipinski definition) is 4. The summed E-state index contributed by atoms with van der Waals surface area (Å²) in [5.41, 5.74) is 8.68. The van der Waals surface area contributed by atoms with Gasteiger partial charge in [-0.15, -0.1) is 11.3 Å². The lowest BCUT2D eigenvalue weighted by atomic mass is 10.1. The highest BCUT2D eigenvalue weighted by molar-refractivity contribution is 7.80. The number of thiazole rings is 1. The molecule has 0 amide bonds. The predicted molar refractivity (Wildman–Crippen MR) is 82.0 cm³/mol. The van der Waals surface area contributed by atoms with Gasteiger partial charge in [0, 0.05) is 17.5 Å². The Morgan fingerprint density at radius 2 is 2.00 bits per heavy atom. The van der Waals surface area contributed by atoms with Crippen molar-refractivity contribution in [2.45, 2.75) is 13.8 Å². The molecule has 0 aliphatic rings. The molecule has 94 valence electrons. The lowest BCUT2D eigenvalue weighted by molar-refractivity contribution is 1.13. The molecule has 0 atom stereocenters. The zero-order valence-corrected chi connectivity index (χ0v) is 12.2. The van der Waals surface area contributed by atoms with Crippen molar-refractivity contribution in [3.63, 3.8) is 0 Å². The summed E-state index contributed by atoms with van der Waals surface area (Å²) in [7, 11) is 1.98. The largest absolute Gasteiger partial charge is 0.389 e. The van der Waals surface area contributed by atoms with Gasteiger partial charge in [0.25, 0.3) is 0 Å². The van der Waals surface area contributed by atoms with Crippen LogP contribution in [0.1, 0.15) is 16.1 Å². The van der Waals surface area contributed by atoms with Crippen LogP contribution in [-0.4, -0.2) is 17.0 Å². The Bertz CT molecular complexity index is 570. The average Bonchev–Trinajstić information content (AvgIpc) is 2.68. The molecule has 1 aromatic carbocycles. The monoisotopic (exact) mass is 277 g/mol. The van der Waals surface area contributed by atoms with Crippen LogP contribution >= 0.6 is 23.6 Å². The van der Waals surface area contributed by atoms with Crippen LogP contribution in [0.5, 0.6) is 0 Å². The van der Waals surface area contributed by atoms with E-state index in [0.717, 1.165) is 22.1 Å². The quantitative estimate of drug-likeness (QED) is 0.875. The van der Waals surface area contributed by atoms with Gasteiger partial charge in [0.05, 0.1) is 11.4 Å². The van der Waals surface area contributed by atoms with Crippen LogP contribution in [0.4, 0.5) is 10.8 Å². The van der Waals surface area contributed by atoms with Crippen molar-refractivity contribution in [1.29, 1.82) is 0 Å². The first-order valence-corrected chi connectivity index (χ1v) is 6.79. The summed E-state index contributed by atoms with van der Waals surface area (Å²) in [6.07, 6.45) is 0. The number of para-hydroxylation sites is 1. The highest BCUT2D eigenvalue weighted by Crippen LogP contribution is 2.31. The summed E-state index contributed by atoms with van der Waals surface area (Å²) < 4.78 is 0. The SMILES string of the molecule is Cc1nc(N(C)c2ccccc2C(N)=S)sc1C. The van der Waals surface area contributed by atoms with E-state index in [1.54, 1.807) is 11.3 Å². The summed E-state index contributed by atoms with van der Waals surface area (Å²) in [5, 5.41) is 0.953. The number of hydrogen-bond donors (Lipinski definition) is 1. The summed E-state index contributed by atoms with van der Waals surface area (Å²) in [5.74, 6) is 0. The van der Waals surface area contributed by atoms with Gasteiger partial charge in [-0.1, -0.05) is 24.4 Å². The van der Waals surface area contributed by atoms with Gasteiger partial charge in [-0.25, -0.2) is 4.98 Å². The normalized spacial score (nSPS) is 10.4. The molecule has 2 N–H and O–H groups in total. The number of aromatic nitrogens is 1. The molecule has 0 saturated carbocycles. The third kappa shape index (κ3) is 2.37. The van der Waals surface area contributed by atoms with Gasteiger partial charge in [0.1, 0.15) is 4.99 Å². The number of nitrogens with zero attached hydrogens (tertiary/aromatic N) is 2. The van der Waals surface area contributed by atoms with Crippen molar-refractivity contribution in [2.75, 3.05) is 11.9 Å². The van der Waals surface area contributed by atoms with Crippen LogP contribution in [0.15, 0.2) is 24.3 Å². The van der Waals surface area contributed by atoms with E-state index < -0.39 is 0 Å². The first-order chi connectivity index (χ1) is 8.50. The minimum Gasteiger partial charge on any atom is -0.389 e. The molecule has 1 aromatic heterocycles. The number of rotatable bonds is 3. The molecule has 0 fully saturated rings. The number of nitrogens with two attached hydrogens (primary N) is 1. The van der Waals surface area contributed by atoms with E-state index in [0.29, 0.717) is 4.99 Å². The van der Waals surface area contributed by atoms with E-state index in [9.17, 15) is 0 Å². The van der Waals surface area contributed by atoms with Gasteiger partial charge >= 0.3 is 0 Å². The third-order valence-electron chi connectivity index (χ3n) is 2.84. The summed E-state index contributed by atoms with van der Waals surface area (Å²) in [6, 6.07) is 7.84. The fourth-order valence-electron chi connectivity index (χ4n) is 1.68. The molecule has 18 heavy (non-hydrogen) atoms. The minimum absolute atomic E-state index is 0.405. The Hall–Kier alpha value is -1.46.